The highest BCUT2D eigenvalue weighted by atomic mass is 14.7. The number of rotatable bonds is 1. The highest BCUT2D eigenvalue weighted by Gasteiger charge is 1.90. The summed E-state index contributed by atoms with van der Waals surface area (Å²) in [5, 5.41) is 15.2. The van der Waals surface area contributed by atoms with Crippen molar-refractivity contribution in [1.29, 1.82) is 10.7 Å². The van der Waals surface area contributed by atoms with Gasteiger partial charge in [0.15, 0.2) is 0 Å². The summed E-state index contributed by atoms with van der Waals surface area (Å²) < 4.78 is 0. The van der Waals surface area contributed by atoms with Crippen molar-refractivity contribution in [1.82, 2.24) is 4.98 Å². The highest BCUT2D eigenvalue weighted by Crippen LogP contribution is 1.95. The van der Waals surface area contributed by atoms with E-state index in [1.807, 2.05) is 6.07 Å². The Kier molecular flexibility index (Phi) is 1.76. The fourth-order valence-corrected chi connectivity index (χ4v) is 0.598. The van der Waals surface area contributed by atoms with Crippen LogP contribution < -0.4 is 0 Å². The van der Waals surface area contributed by atoms with E-state index >= 15 is 0 Å². The van der Waals surface area contributed by atoms with Crippen molar-refractivity contribution < 1.29 is 0 Å². The molecule has 1 heterocycles. The standard InChI is InChI=1S/C7H5N3/c8-4-6-1-2-10-7(3-6)5-9/h1-4,8H. The van der Waals surface area contributed by atoms with Gasteiger partial charge in [0.25, 0.3) is 0 Å². The van der Waals surface area contributed by atoms with Gasteiger partial charge < -0.3 is 5.41 Å². The van der Waals surface area contributed by atoms with Crippen molar-refractivity contribution in [2.75, 3.05) is 0 Å². The monoisotopic (exact) mass is 131 g/mol. The Balaban J connectivity index is 3.13. The average molecular weight is 131 g/mol. The Morgan fingerprint density at radius 1 is 1.70 bits per heavy atom. The smallest absolute Gasteiger partial charge is 0.141 e. The van der Waals surface area contributed by atoms with Crippen LogP contribution in [0.5, 0.6) is 0 Å². The molecule has 0 aliphatic heterocycles. The van der Waals surface area contributed by atoms with Crippen LogP contribution in [0.4, 0.5) is 0 Å². The van der Waals surface area contributed by atoms with Crippen LogP contribution in [0.3, 0.4) is 0 Å². The molecule has 1 rings (SSSR count). The minimum atomic E-state index is 0.348. The van der Waals surface area contributed by atoms with Crippen LogP contribution in [-0.2, 0) is 0 Å². The van der Waals surface area contributed by atoms with Gasteiger partial charge in [-0.3, -0.25) is 0 Å². The molecule has 0 radical (unpaired) electrons. The van der Waals surface area contributed by atoms with E-state index in [-0.39, 0.29) is 0 Å². The molecule has 3 heteroatoms. The molecule has 3 nitrogen and oxygen atoms in total. The van der Waals surface area contributed by atoms with Gasteiger partial charge in [0.1, 0.15) is 11.8 Å². The van der Waals surface area contributed by atoms with E-state index in [0.29, 0.717) is 11.3 Å². The fraction of sp³-hybridized carbons (Fsp3) is 0. The topological polar surface area (TPSA) is 60.5 Å². The predicted octanol–water partition coefficient (Wildman–Crippen LogP) is 0.951. The van der Waals surface area contributed by atoms with E-state index in [4.69, 9.17) is 10.7 Å². The van der Waals surface area contributed by atoms with E-state index in [1.54, 1.807) is 12.1 Å². The second-order valence-corrected chi connectivity index (χ2v) is 1.73. The van der Waals surface area contributed by atoms with Gasteiger partial charge in [0.2, 0.25) is 0 Å². The third-order valence-electron chi connectivity index (χ3n) is 1.07. The van der Waals surface area contributed by atoms with Gasteiger partial charge >= 0.3 is 0 Å². The first kappa shape index (κ1) is 6.43. The summed E-state index contributed by atoms with van der Waals surface area (Å²) in [7, 11) is 0. The van der Waals surface area contributed by atoms with Crippen LogP contribution in [0.2, 0.25) is 0 Å². The lowest BCUT2D eigenvalue weighted by Gasteiger charge is -1.88. The molecule has 0 saturated carbocycles. The van der Waals surface area contributed by atoms with Gasteiger partial charge in [-0.1, -0.05) is 0 Å². The van der Waals surface area contributed by atoms with Crippen LogP contribution in [0.1, 0.15) is 11.3 Å². The fourth-order valence-electron chi connectivity index (χ4n) is 0.598. The first-order chi connectivity index (χ1) is 4.86. The molecule has 1 aromatic heterocycles. The first-order valence-electron chi connectivity index (χ1n) is 2.73. The second kappa shape index (κ2) is 2.74. The largest absolute Gasteiger partial charge is 0.308 e. The van der Waals surface area contributed by atoms with Gasteiger partial charge in [-0.2, -0.15) is 5.26 Å². The summed E-state index contributed by atoms with van der Waals surface area (Å²) in [4.78, 5) is 3.74. The summed E-state index contributed by atoms with van der Waals surface area (Å²) in [5.41, 5.74) is 1.05. The maximum Gasteiger partial charge on any atom is 0.141 e. The van der Waals surface area contributed by atoms with E-state index in [0.717, 1.165) is 0 Å². The molecule has 0 saturated heterocycles. The van der Waals surface area contributed by atoms with Crippen LogP contribution >= 0.6 is 0 Å². The summed E-state index contributed by atoms with van der Waals surface area (Å²) in [6.07, 6.45) is 2.70. The van der Waals surface area contributed by atoms with E-state index in [9.17, 15) is 0 Å². The van der Waals surface area contributed by atoms with Gasteiger partial charge in [-0.05, 0) is 17.7 Å². The normalized spacial score (nSPS) is 8.30. The maximum absolute atomic E-state index is 8.37. The average Bonchev–Trinajstić information content (AvgIpc) is 2.05. The van der Waals surface area contributed by atoms with Crippen molar-refractivity contribution in [3.8, 4) is 6.07 Å². The second-order valence-electron chi connectivity index (χ2n) is 1.73. The van der Waals surface area contributed by atoms with Gasteiger partial charge in [0.05, 0.1) is 0 Å². The van der Waals surface area contributed by atoms with E-state index < -0.39 is 0 Å². The van der Waals surface area contributed by atoms with Gasteiger partial charge in [-0.25, -0.2) is 4.98 Å². The third-order valence-corrected chi connectivity index (χ3v) is 1.07. The zero-order valence-electron chi connectivity index (χ0n) is 5.20. The van der Waals surface area contributed by atoms with E-state index in [2.05, 4.69) is 4.98 Å². The molecule has 0 unspecified atom stereocenters. The number of nitrogens with one attached hydrogen (secondary N) is 1. The van der Waals surface area contributed by atoms with Crippen molar-refractivity contribution in [3.05, 3.63) is 29.6 Å². The van der Waals surface area contributed by atoms with Crippen LogP contribution in [0, 0.1) is 16.7 Å². The minimum Gasteiger partial charge on any atom is -0.308 e. The molecule has 0 spiro atoms. The Bertz CT molecular complexity index is 285. The predicted molar refractivity (Wildman–Crippen MR) is 36.8 cm³/mol. The Labute approximate surface area is 58.5 Å². The summed E-state index contributed by atoms with van der Waals surface area (Å²) in [6, 6.07) is 5.12. The molecule has 0 amide bonds. The molecule has 0 fully saturated rings. The molecule has 0 atom stereocenters. The number of aromatic nitrogens is 1. The highest BCUT2D eigenvalue weighted by molar-refractivity contribution is 5.76. The van der Waals surface area contributed by atoms with Crippen LogP contribution in [0.15, 0.2) is 18.3 Å². The molecular weight excluding hydrogens is 126 g/mol. The molecule has 1 N–H and O–H groups in total. The minimum absolute atomic E-state index is 0.348. The maximum atomic E-state index is 8.37. The molecular formula is C7H5N3. The molecule has 0 bridgehead atoms. The van der Waals surface area contributed by atoms with Crippen LogP contribution in [0.25, 0.3) is 0 Å². The lowest BCUT2D eigenvalue weighted by atomic mass is 10.2. The van der Waals surface area contributed by atoms with Crippen molar-refractivity contribution in [2.24, 2.45) is 0 Å². The zero-order chi connectivity index (χ0) is 7.40. The van der Waals surface area contributed by atoms with Gasteiger partial charge in [-0.15, -0.1) is 0 Å². The summed E-state index contributed by atoms with van der Waals surface area (Å²) in [6.45, 7) is 0. The quantitative estimate of drug-likeness (QED) is 0.577. The molecule has 0 aliphatic rings. The number of nitrogens with zero attached hydrogens (tertiary/aromatic N) is 2. The number of hydrogen-bond acceptors (Lipinski definition) is 3. The molecule has 1 aromatic rings. The summed E-state index contributed by atoms with van der Waals surface area (Å²) in [5.74, 6) is 0. The molecule has 0 aromatic carbocycles. The Morgan fingerprint density at radius 2 is 2.50 bits per heavy atom. The Hall–Kier alpha value is -1.69. The molecule has 48 valence electrons. The van der Waals surface area contributed by atoms with Crippen molar-refractivity contribution >= 4 is 6.21 Å². The summed E-state index contributed by atoms with van der Waals surface area (Å²) >= 11 is 0. The number of nitriles is 1. The van der Waals surface area contributed by atoms with E-state index in [1.165, 1.54) is 12.4 Å². The molecule has 10 heavy (non-hydrogen) atoms. The zero-order valence-corrected chi connectivity index (χ0v) is 5.20. The SMILES string of the molecule is N#Cc1cc(C=N)ccn1. The van der Waals surface area contributed by atoms with Crippen molar-refractivity contribution in [2.45, 2.75) is 0 Å². The van der Waals surface area contributed by atoms with Crippen LogP contribution in [-0.4, -0.2) is 11.2 Å². The third kappa shape index (κ3) is 1.17. The first-order valence-corrected chi connectivity index (χ1v) is 2.73. The molecule has 0 aliphatic carbocycles. The Morgan fingerprint density at radius 3 is 3.10 bits per heavy atom. The number of pyridine rings is 1. The number of hydrogen-bond donors (Lipinski definition) is 1. The van der Waals surface area contributed by atoms with Gasteiger partial charge in [0, 0.05) is 12.4 Å². The van der Waals surface area contributed by atoms with Crippen molar-refractivity contribution in [3.63, 3.8) is 0 Å². The lowest BCUT2D eigenvalue weighted by molar-refractivity contribution is 1.26. The lowest BCUT2D eigenvalue weighted by Crippen LogP contribution is -1.84.